The number of hydrogen-bond acceptors (Lipinski definition) is 7. The Morgan fingerprint density at radius 2 is 1.91 bits per heavy atom. The second kappa shape index (κ2) is 5.85. The summed E-state index contributed by atoms with van der Waals surface area (Å²) in [5.41, 5.74) is -1.07. The van der Waals surface area contributed by atoms with Crippen molar-refractivity contribution in [2.75, 3.05) is 5.32 Å². The van der Waals surface area contributed by atoms with Crippen molar-refractivity contribution in [1.82, 2.24) is 4.98 Å². The molecule has 0 aliphatic heterocycles. The van der Waals surface area contributed by atoms with Crippen molar-refractivity contribution in [2.24, 2.45) is 0 Å². The van der Waals surface area contributed by atoms with Crippen LogP contribution in [-0.4, -0.2) is 20.7 Å². The number of nitrogens with zero attached hydrogens (tertiary/aromatic N) is 3. The molecule has 0 atom stereocenters. The van der Waals surface area contributed by atoms with E-state index in [9.17, 15) is 25.0 Å². The van der Waals surface area contributed by atoms with E-state index in [1.165, 1.54) is 18.3 Å². The van der Waals surface area contributed by atoms with Crippen LogP contribution in [0.1, 0.15) is 20.8 Å². The Labute approximate surface area is 127 Å². The number of carbonyl (C=O) groups excluding carboxylic acids is 1. The maximum absolute atomic E-state index is 12.2. The van der Waals surface area contributed by atoms with Crippen LogP contribution >= 0.6 is 11.3 Å². The fourth-order valence-electron chi connectivity index (χ4n) is 1.79. The van der Waals surface area contributed by atoms with Gasteiger partial charge in [-0.05, 0) is 13.8 Å². The highest BCUT2D eigenvalue weighted by Crippen LogP contribution is 2.29. The molecule has 0 aliphatic carbocycles. The van der Waals surface area contributed by atoms with Gasteiger partial charge in [-0.2, -0.15) is 0 Å². The van der Waals surface area contributed by atoms with Gasteiger partial charge in [0.15, 0.2) is 5.13 Å². The Kier molecular flexibility index (Phi) is 4.13. The highest BCUT2D eigenvalue weighted by molar-refractivity contribution is 7.15. The summed E-state index contributed by atoms with van der Waals surface area (Å²) < 4.78 is 0. The molecule has 0 radical (unpaired) electrons. The molecule has 22 heavy (non-hydrogen) atoms. The smallest absolute Gasteiger partial charge is 0.279 e. The molecule has 2 aromatic rings. The average Bonchev–Trinajstić information content (AvgIpc) is 2.83. The topological polar surface area (TPSA) is 128 Å². The number of hydrogen-bond donors (Lipinski definition) is 1. The molecule has 0 saturated carbocycles. The summed E-state index contributed by atoms with van der Waals surface area (Å²) in [7, 11) is 0. The maximum atomic E-state index is 12.2. The minimum Gasteiger partial charge on any atom is -0.298 e. The van der Waals surface area contributed by atoms with Crippen molar-refractivity contribution in [3.05, 3.63) is 54.6 Å². The lowest BCUT2D eigenvalue weighted by Crippen LogP contribution is -2.14. The van der Waals surface area contributed by atoms with E-state index in [0.717, 1.165) is 17.0 Å². The third kappa shape index (κ3) is 3.06. The first-order chi connectivity index (χ1) is 10.3. The van der Waals surface area contributed by atoms with Gasteiger partial charge in [0, 0.05) is 22.7 Å². The van der Waals surface area contributed by atoms with Gasteiger partial charge in [0.2, 0.25) is 0 Å². The summed E-state index contributed by atoms with van der Waals surface area (Å²) in [6.07, 6.45) is 1.56. The molecular weight excluding hydrogens is 312 g/mol. The van der Waals surface area contributed by atoms with E-state index in [1.54, 1.807) is 13.1 Å². The first-order valence-corrected chi connectivity index (χ1v) is 6.78. The number of anilines is 1. The van der Waals surface area contributed by atoms with Gasteiger partial charge in [-0.15, -0.1) is 11.3 Å². The molecule has 1 aromatic heterocycles. The van der Waals surface area contributed by atoms with Gasteiger partial charge < -0.3 is 0 Å². The summed E-state index contributed by atoms with van der Waals surface area (Å²) in [5, 5.41) is 24.6. The monoisotopic (exact) mass is 322 g/mol. The molecule has 114 valence electrons. The molecule has 0 spiro atoms. The zero-order valence-electron chi connectivity index (χ0n) is 11.5. The fraction of sp³-hybridized carbons (Fsp3) is 0.167. The van der Waals surface area contributed by atoms with E-state index in [1.807, 2.05) is 0 Å². The van der Waals surface area contributed by atoms with Crippen LogP contribution in [0.3, 0.4) is 0 Å². The van der Waals surface area contributed by atoms with Crippen LogP contribution in [0, 0.1) is 34.1 Å². The van der Waals surface area contributed by atoms with Crippen LogP contribution < -0.4 is 5.32 Å². The van der Waals surface area contributed by atoms with Gasteiger partial charge in [-0.3, -0.25) is 30.3 Å². The lowest BCUT2D eigenvalue weighted by Gasteiger charge is -2.06. The Morgan fingerprint density at radius 3 is 2.41 bits per heavy atom. The molecule has 0 aliphatic rings. The van der Waals surface area contributed by atoms with Crippen molar-refractivity contribution in [3.8, 4) is 0 Å². The highest BCUT2D eigenvalue weighted by atomic mass is 32.1. The molecule has 2 rings (SSSR count). The molecule has 0 saturated heterocycles. The van der Waals surface area contributed by atoms with Crippen molar-refractivity contribution in [1.29, 1.82) is 0 Å². The second-order valence-electron chi connectivity index (χ2n) is 4.38. The van der Waals surface area contributed by atoms with Crippen LogP contribution in [0.4, 0.5) is 16.5 Å². The molecule has 0 unspecified atom stereocenters. The van der Waals surface area contributed by atoms with Gasteiger partial charge in [0.1, 0.15) is 0 Å². The van der Waals surface area contributed by atoms with Crippen LogP contribution in [0.25, 0.3) is 0 Å². The molecule has 9 nitrogen and oxygen atoms in total. The number of carbonyl (C=O) groups is 1. The van der Waals surface area contributed by atoms with Crippen LogP contribution in [0.15, 0.2) is 18.3 Å². The quantitative estimate of drug-likeness (QED) is 0.680. The number of rotatable bonds is 4. The summed E-state index contributed by atoms with van der Waals surface area (Å²) in [6, 6.07) is 1.85. The molecule has 0 fully saturated rings. The van der Waals surface area contributed by atoms with Crippen molar-refractivity contribution in [3.63, 3.8) is 0 Å². The Balaban J connectivity index is 2.46. The summed E-state index contributed by atoms with van der Waals surface area (Å²) in [4.78, 5) is 37.3. The Hall–Kier alpha value is -2.88. The van der Waals surface area contributed by atoms with Crippen LogP contribution in [0.2, 0.25) is 0 Å². The number of aromatic nitrogens is 1. The SMILES string of the molecule is Cc1cnc(NC(=O)c2cc([N+](=O)[O-])cc([N+](=O)[O-])c2C)s1. The van der Waals surface area contributed by atoms with Crippen molar-refractivity contribution < 1.29 is 14.6 Å². The average molecular weight is 322 g/mol. The minimum absolute atomic E-state index is 0.0568. The molecule has 1 heterocycles. The second-order valence-corrected chi connectivity index (χ2v) is 5.62. The predicted molar refractivity (Wildman–Crippen MR) is 79.3 cm³/mol. The number of nitrogens with one attached hydrogen (secondary N) is 1. The molecular formula is C12H10N4O5S. The molecule has 1 N–H and O–H groups in total. The molecule has 1 aromatic carbocycles. The van der Waals surface area contributed by atoms with E-state index < -0.39 is 27.1 Å². The third-order valence-corrected chi connectivity index (χ3v) is 3.69. The predicted octanol–water partition coefficient (Wildman–Crippen LogP) is 2.83. The summed E-state index contributed by atoms with van der Waals surface area (Å²) in [5.74, 6) is -0.682. The number of aryl methyl sites for hydroxylation is 1. The lowest BCUT2D eigenvalue weighted by molar-refractivity contribution is -0.394. The van der Waals surface area contributed by atoms with E-state index in [0.29, 0.717) is 5.13 Å². The summed E-state index contributed by atoms with van der Waals surface area (Å²) >= 11 is 1.23. The van der Waals surface area contributed by atoms with Gasteiger partial charge >= 0.3 is 0 Å². The van der Waals surface area contributed by atoms with Crippen LogP contribution in [-0.2, 0) is 0 Å². The zero-order valence-corrected chi connectivity index (χ0v) is 12.3. The first-order valence-electron chi connectivity index (χ1n) is 5.97. The Bertz CT molecular complexity index is 786. The summed E-state index contributed by atoms with van der Waals surface area (Å²) in [6.45, 7) is 3.17. The number of non-ortho nitro benzene ring substituents is 1. The van der Waals surface area contributed by atoms with E-state index in [2.05, 4.69) is 10.3 Å². The number of thiazole rings is 1. The third-order valence-electron chi connectivity index (χ3n) is 2.86. The van der Waals surface area contributed by atoms with Gasteiger partial charge in [0.05, 0.1) is 21.5 Å². The molecule has 10 heteroatoms. The lowest BCUT2D eigenvalue weighted by atomic mass is 10.0. The Morgan fingerprint density at radius 1 is 1.23 bits per heavy atom. The van der Waals surface area contributed by atoms with Gasteiger partial charge in [-0.1, -0.05) is 0 Å². The van der Waals surface area contributed by atoms with E-state index >= 15 is 0 Å². The number of amides is 1. The normalized spacial score (nSPS) is 10.3. The standard InChI is InChI=1S/C12H10N4O5S/c1-6-5-13-12(22-6)14-11(17)9-3-8(15(18)19)4-10(7(9)2)16(20)21/h3-5H,1-2H3,(H,13,14,17). The van der Waals surface area contributed by atoms with Gasteiger partial charge in [0.25, 0.3) is 17.3 Å². The number of nitro groups is 2. The van der Waals surface area contributed by atoms with E-state index in [-0.39, 0.29) is 11.1 Å². The number of nitro benzene ring substituents is 2. The van der Waals surface area contributed by atoms with Gasteiger partial charge in [-0.25, -0.2) is 4.98 Å². The highest BCUT2D eigenvalue weighted by Gasteiger charge is 2.25. The molecule has 0 bridgehead atoms. The first kappa shape index (κ1) is 15.5. The fourth-order valence-corrected chi connectivity index (χ4v) is 2.45. The maximum Gasteiger partial charge on any atom is 0.279 e. The van der Waals surface area contributed by atoms with Crippen LogP contribution in [0.5, 0.6) is 0 Å². The minimum atomic E-state index is -0.781. The molecule has 1 amide bonds. The van der Waals surface area contributed by atoms with Crippen molar-refractivity contribution in [2.45, 2.75) is 13.8 Å². The zero-order chi connectivity index (χ0) is 16.4. The van der Waals surface area contributed by atoms with E-state index in [4.69, 9.17) is 0 Å². The largest absolute Gasteiger partial charge is 0.298 e. The van der Waals surface area contributed by atoms with Crippen molar-refractivity contribution >= 4 is 33.8 Å². The number of benzene rings is 1.